The Kier molecular flexibility index (Phi) is 5.18. The first-order valence-corrected chi connectivity index (χ1v) is 7.89. The smallest absolute Gasteiger partial charge is 0.259 e. The molecule has 0 spiro atoms. The van der Waals surface area contributed by atoms with Gasteiger partial charge in [-0.2, -0.15) is 0 Å². The van der Waals surface area contributed by atoms with Crippen LogP contribution in [-0.2, 0) is 0 Å². The van der Waals surface area contributed by atoms with Crippen molar-refractivity contribution in [3.63, 3.8) is 0 Å². The fourth-order valence-corrected chi connectivity index (χ4v) is 2.68. The Morgan fingerprint density at radius 3 is 2.43 bits per heavy atom. The van der Waals surface area contributed by atoms with Gasteiger partial charge in [0.25, 0.3) is 5.91 Å². The first-order valence-electron chi connectivity index (χ1n) is 6.03. The maximum Gasteiger partial charge on any atom is 0.259 e. The van der Waals surface area contributed by atoms with Crippen molar-refractivity contribution in [2.24, 2.45) is 5.73 Å². The average molecular weight is 431 g/mol. The van der Waals surface area contributed by atoms with E-state index < -0.39 is 0 Å². The lowest BCUT2D eigenvalue weighted by atomic mass is 10.1. The second kappa shape index (κ2) is 6.72. The number of carbonyl (C=O) groups excluding carboxylic acids is 1. The average Bonchev–Trinajstić information content (AvgIpc) is 2.48. The molecule has 0 aromatic heterocycles. The number of carbonyl (C=O) groups is 1. The monoisotopic (exact) mass is 430 g/mol. The van der Waals surface area contributed by atoms with E-state index in [-0.39, 0.29) is 5.91 Å². The Labute approximate surface area is 147 Å². The molecule has 0 aliphatic rings. The highest BCUT2D eigenvalue weighted by Crippen LogP contribution is 2.22. The van der Waals surface area contributed by atoms with E-state index >= 15 is 0 Å². The molecule has 0 fully saturated rings. The zero-order valence-electron chi connectivity index (χ0n) is 11.1. The molecule has 0 saturated carbocycles. The van der Waals surface area contributed by atoms with E-state index in [0.29, 0.717) is 15.6 Å². The number of thiocarbonyl (C=S) groups is 1. The van der Waals surface area contributed by atoms with Crippen molar-refractivity contribution in [1.29, 1.82) is 0 Å². The number of rotatable bonds is 3. The maximum absolute atomic E-state index is 12.5. The minimum atomic E-state index is -0.120. The van der Waals surface area contributed by atoms with Gasteiger partial charge in [-0.15, -0.1) is 0 Å². The van der Waals surface area contributed by atoms with Crippen LogP contribution in [0.15, 0.2) is 42.5 Å². The quantitative estimate of drug-likeness (QED) is 0.594. The van der Waals surface area contributed by atoms with Crippen LogP contribution in [0.2, 0.25) is 5.02 Å². The van der Waals surface area contributed by atoms with E-state index in [0.717, 1.165) is 14.8 Å². The topological polar surface area (TPSA) is 46.3 Å². The van der Waals surface area contributed by atoms with Crippen molar-refractivity contribution in [3.05, 3.63) is 62.2 Å². The van der Waals surface area contributed by atoms with Gasteiger partial charge in [-0.25, -0.2) is 0 Å². The predicted octanol–water partition coefficient (Wildman–Crippen LogP) is 3.86. The van der Waals surface area contributed by atoms with Gasteiger partial charge in [0.2, 0.25) is 0 Å². The van der Waals surface area contributed by atoms with Gasteiger partial charge in [-0.05, 0) is 65.1 Å². The molecule has 1 amide bonds. The summed E-state index contributed by atoms with van der Waals surface area (Å²) in [6, 6.07) is 12.5. The normalized spacial score (nSPS) is 10.2. The molecule has 0 aliphatic heterocycles. The number of benzene rings is 2. The third-order valence-electron chi connectivity index (χ3n) is 3.00. The Balaban J connectivity index is 2.30. The van der Waals surface area contributed by atoms with Crippen molar-refractivity contribution in [1.82, 2.24) is 0 Å². The van der Waals surface area contributed by atoms with Crippen LogP contribution in [0.25, 0.3) is 0 Å². The van der Waals surface area contributed by atoms with E-state index in [9.17, 15) is 4.79 Å². The molecule has 21 heavy (non-hydrogen) atoms. The fraction of sp³-hybridized carbons (Fsp3) is 0.0667. The molecule has 2 N–H and O–H groups in total. The molecule has 2 aromatic rings. The SMILES string of the molecule is CN(C(=O)c1cc(Cl)ccc1I)c1ccc(C(N)=S)cc1. The van der Waals surface area contributed by atoms with E-state index in [2.05, 4.69) is 22.6 Å². The Bertz CT molecular complexity index is 703. The summed E-state index contributed by atoms with van der Waals surface area (Å²) >= 11 is 13.0. The zero-order valence-corrected chi connectivity index (χ0v) is 14.9. The summed E-state index contributed by atoms with van der Waals surface area (Å²) in [6.07, 6.45) is 0. The number of halogens is 2. The lowest BCUT2D eigenvalue weighted by Crippen LogP contribution is -2.27. The molecule has 0 radical (unpaired) electrons. The van der Waals surface area contributed by atoms with Crippen molar-refractivity contribution in [3.8, 4) is 0 Å². The number of anilines is 1. The molecular weight excluding hydrogens is 419 g/mol. The summed E-state index contributed by atoms with van der Waals surface area (Å²) in [6.45, 7) is 0. The zero-order chi connectivity index (χ0) is 15.6. The van der Waals surface area contributed by atoms with E-state index in [1.165, 1.54) is 0 Å². The Morgan fingerprint density at radius 1 is 1.24 bits per heavy atom. The largest absolute Gasteiger partial charge is 0.389 e. The number of nitrogens with zero attached hydrogens (tertiary/aromatic N) is 1. The standard InChI is InChI=1S/C15H12ClIN2OS/c1-19(11-5-2-9(3-6-11)14(18)21)15(20)12-8-10(16)4-7-13(12)17/h2-8H,1H3,(H2,18,21). The second-order valence-electron chi connectivity index (χ2n) is 4.40. The van der Waals surface area contributed by atoms with E-state index in [4.69, 9.17) is 29.6 Å². The van der Waals surface area contributed by atoms with Gasteiger partial charge in [0.05, 0.1) is 5.56 Å². The third-order valence-corrected chi connectivity index (χ3v) is 4.41. The molecule has 2 aromatic carbocycles. The second-order valence-corrected chi connectivity index (χ2v) is 6.44. The summed E-state index contributed by atoms with van der Waals surface area (Å²) in [7, 11) is 1.72. The summed E-state index contributed by atoms with van der Waals surface area (Å²) < 4.78 is 0.855. The van der Waals surface area contributed by atoms with Gasteiger partial charge >= 0.3 is 0 Å². The minimum absolute atomic E-state index is 0.120. The van der Waals surface area contributed by atoms with Gasteiger partial charge in [-0.1, -0.05) is 23.8 Å². The molecule has 0 unspecified atom stereocenters. The number of amides is 1. The lowest BCUT2D eigenvalue weighted by Gasteiger charge is -2.18. The van der Waals surface area contributed by atoms with Crippen LogP contribution in [-0.4, -0.2) is 17.9 Å². The summed E-state index contributed by atoms with van der Waals surface area (Å²) in [5.41, 5.74) is 7.67. The fourth-order valence-electron chi connectivity index (χ4n) is 1.81. The van der Waals surface area contributed by atoms with Crippen molar-refractivity contribution < 1.29 is 4.79 Å². The van der Waals surface area contributed by atoms with Crippen LogP contribution in [0.3, 0.4) is 0 Å². The molecule has 0 atom stereocenters. The molecule has 3 nitrogen and oxygen atoms in total. The highest BCUT2D eigenvalue weighted by Gasteiger charge is 2.16. The maximum atomic E-state index is 12.5. The van der Waals surface area contributed by atoms with Gasteiger partial charge in [0.15, 0.2) is 0 Å². The number of nitrogens with two attached hydrogens (primary N) is 1. The van der Waals surface area contributed by atoms with Crippen molar-refractivity contribution >= 4 is 63.0 Å². The van der Waals surface area contributed by atoms with Gasteiger partial charge in [0, 0.05) is 26.9 Å². The predicted molar refractivity (Wildman–Crippen MR) is 99.2 cm³/mol. The summed E-state index contributed by atoms with van der Waals surface area (Å²) in [5.74, 6) is -0.120. The van der Waals surface area contributed by atoms with Crippen LogP contribution < -0.4 is 10.6 Å². The summed E-state index contributed by atoms with van der Waals surface area (Å²) in [5, 5.41) is 0.538. The lowest BCUT2D eigenvalue weighted by molar-refractivity contribution is 0.0992. The first kappa shape index (κ1) is 16.2. The number of hydrogen-bond donors (Lipinski definition) is 1. The highest BCUT2D eigenvalue weighted by molar-refractivity contribution is 14.1. The van der Waals surface area contributed by atoms with Crippen LogP contribution in [0.1, 0.15) is 15.9 Å². The molecule has 0 bridgehead atoms. The first-order chi connectivity index (χ1) is 9.90. The Morgan fingerprint density at radius 2 is 1.86 bits per heavy atom. The molecule has 0 heterocycles. The van der Waals surface area contributed by atoms with Gasteiger partial charge in [-0.3, -0.25) is 4.79 Å². The van der Waals surface area contributed by atoms with Crippen molar-refractivity contribution in [2.45, 2.75) is 0 Å². The third kappa shape index (κ3) is 3.72. The van der Waals surface area contributed by atoms with Gasteiger partial charge < -0.3 is 10.6 Å². The summed E-state index contributed by atoms with van der Waals surface area (Å²) in [4.78, 5) is 14.4. The molecular formula is C15H12ClIN2OS. The molecule has 0 saturated heterocycles. The van der Waals surface area contributed by atoms with E-state index in [1.54, 1.807) is 36.2 Å². The van der Waals surface area contributed by atoms with Crippen molar-refractivity contribution in [2.75, 3.05) is 11.9 Å². The van der Waals surface area contributed by atoms with Crippen LogP contribution in [0.4, 0.5) is 5.69 Å². The van der Waals surface area contributed by atoms with Crippen LogP contribution in [0, 0.1) is 3.57 Å². The van der Waals surface area contributed by atoms with Gasteiger partial charge in [0.1, 0.15) is 4.99 Å². The minimum Gasteiger partial charge on any atom is -0.389 e. The molecule has 6 heteroatoms. The number of hydrogen-bond acceptors (Lipinski definition) is 2. The van der Waals surface area contributed by atoms with E-state index in [1.807, 2.05) is 18.2 Å². The molecule has 0 aliphatic carbocycles. The Hall–Kier alpha value is -1.18. The molecule has 2 rings (SSSR count). The van der Waals surface area contributed by atoms with Crippen LogP contribution >= 0.6 is 46.4 Å². The van der Waals surface area contributed by atoms with Crippen LogP contribution in [0.5, 0.6) is 0 Å². The molecule has 108 valence electrons. The highest BCUT2D eigenvalue weighted by atomic mass is 127.